The van der Waals surface area contributed by atoms with Crippen LogP contribution in [0.5, 0.6) is 5.75 Å². The lowest BCUT2D eigenvalue weighted by Gasteiger charge is -2.24. The molecule has 0 N–H and O–H groups in total. The maximum Gasteiger partial charge on any atom is 0.293 e. The van der Waals surface area contributed by atoms with Gasteiger partial charge in [-0.15, -0.1) is 5.10 Å². The zero-order valence-corrected chi connectivity index (χ0v) is 16.4. The molecule has 6 nitrogen and oxygen atoms in total. The summed E-state index contributed by atoms with van der Waals surface area (Å²) in [4.78, 5) is 18.8. The van der Waals surface area contributed by atoms with Crippen LogP contribution in [-0.2, 0) is 0 Å². The van der Waals surface area contributed by atoms with Gasteiger partial charge < -0.3 is 9.64 Å². The zero-order chi connectivity index (χ0) is 19.6. The van der Waals surface area contributed by atoms with Crippen molar-refractivity contribution >= 4 is 17.5 Å². The van der Waals surface area contributed by atoms with Gasteiger partial charge >= 0.3 is 0 Å². The largest absolute Gasteiger partial charge is 0.497 e. The van der Waals surface area contributed by atoms with Crippen LogP contribution < -0.4 is 4.74 Å². The van der Waals surface area contributed by atoms with Crippen molar-refractivity contribution in [3.63, 3.8) is 0 Å². The number of ether oxygens (including phenoxy) is 1. The molecule has 0 saturated heterocycles. The van der Waals surface area contributed by atoms with Gasteiger partial charge in [-0.2, -0.15) is 0 Å². The highest BCUT2D eigenvalue weighted by Crippen LogP contribution is 2.23. The van der Waals surface area contributed by atoms with E-state index in [1.807, 2.05) is 50.2 Å². The number of amides is 1. The highest BCUT2D eigenvalue weighted by atomic mass is 35.5. The number of carbonyl (C=O) groups excluding carboxylic acids is 1. The van der Waals surface area contributed by atoms with Crippen LogP contribution in [0, 0.1) is 6.92 Å². The number of rotatable bonds is 5. The number of hydrogen-bond acceptors (Lipinski definition) is 4. The van der Waals surface area contributed by atoms with E-state index < -0.39 is 0 Å². The summed E-state index contributed by atoms with van der Waals surface area (Å²) < 4.78 is 6.81. The average Bonchev–Trinajstić information content (AvgIpc) is 3.08. The highest BCUT2D eigenvalue weighted by molar-refractivity contribution is 6.30. The third-order valence-corrected chi connectivity index (χ3v) is 4.78. The summed E-state index contributed by atoms with van der Waals surface area (Å²) in [6.45, 7) is 3.77. The molecule has 140 valence electrons. The second-order valence-electron chi connectivity index (χ2n) is 6.24. The first kappa shape index (κ1) is 18.9. The Morgan fingerprint density at radius 3 is 2.37 bits per heavy atom. The van der Waals surface area contributed by atoms with Gasteiger partial charge in [0.15, 0.2) is 0 Å². The van der Waals surface area contributed by atoms with Gasteiger partial charge in [-0.3, -0.25) is 4.79 Å². The molecule has 0 aliphatic rings. The fourth-order valence-electron chi connectivity index (χ4n) is 2.75. The van der Waals surface area contributed by atoms with Crippen LogP contribution in [0.25, 0.3) is 5.69 Å². The number of aryl methyl sites for hydroxylation is 1. The molecule has 1 heterocycles. The van der Waals surface area contributed by atoms with Crippen LogP contribution in [0.4, 0.5) is 0 Å². The van der Waals surface area contributed by atoms with Crippen LogP contribution in [0.2, 0.25) is 5.02 Å². The normalized spacial score (nSPS) is 11.9. The fraction of sp³-hybridized carbons (Fsp3) is 0.250. The summed E-state index contributed by atoms with van der Waals surface area (Å²) in [5, 5.41) is 5.03. The third kappa shape index (κ3) is 3.95. The summed E-state index contributed by atoms with van der Waals surface area (Å²) in [5.41, 5.74) is 1.80. The Morgan fingerprint density at radius 1 is 1.15 bits per heavy atom. The van der Waals surface area contributed by atoms with E-state index in [1.54, 1.807) is 35.9 Å². The minimum atomic E-state index is -0.242. The molecule has 0 aliphatic carbocycles. The van der Waals surface area contributed by atoms with E-state index in [2.05, 4.69) is 10.1 Å². The second-order valence-corrected chi connectivity index (χ2v) is 6.67. The maximum atomic E-state index is 12.9. The van der Waals surface area contributed by atoms with Crippen molar-refractivity contribution in [1.29, 1.82) is 0 Å². The van der Waals surface area contributed by atoms with E-state index in [4.69, 9.17) is 16.3 Å². The van der Waals surface area contributed by atoms with E-state index in [9.17, 15) is 4.79 Å². The van der Waals surface area contributed by atoms with Crippen molar-refractivity contribution < 1.29 is 9.53 Å². The maximum absolute atomic E-state index is 12.9. The molecule has 0 saturated carbocycles. The molecular weight excluding hydrogens is 364 g/mol. The number of methoxy groups -OCH3 is 1. The van der Waals surface area contributed by atoms with Crippen molar-refractivity contribution in [3.8, 4) is 11.4 Å². The number of carbonyl (C=O) groups is 1. The summed E-state index contributed by atoms with van der Waals surface area (Å²) in [6, 6.07) is 14.7. The Morgan fingerprint density at radius 2 is 1.78 bits per heavy atom. The molecule has 1 aromatic heterocycles. The van der Waals surface area contributed by atoms with Crippen molar-refractivity contribution in [3.05, 3.63) is 70.8 Å². The molecule has 27 heavy (non-hydrogen) atoms. The average molecular weight is 385 g/mol. The summed E-state index contributed by atoms with van der Waals surface area (Å²) in [6.07, 6.45) is 0. The van der Waals surface area contributed by atoms with Crippen LogP contribution >= 0.6 is 11.6 Å². The molecule has 0 bridgehead atoms. The number of aromatic nitrogens is 3. The molecule has 0 radical (unpaired) electrons. The molecule has 7 heteroatoms. The third-order valence-electron chi connectivity index (χ3n) is 4.53. The molecule has 1 unspecified atom stereocenters. The van der Waals surface area contributed by atoms with Crippen molar-refractivity contribution in [1.82, 2.24) is 19.7 Å². The van der Waals surface area contributed by atoms with Gasteiger partial charge in [0.1, 0.15) is 11.6 Å². The molecule has 1 atom stereocenters. The highest BCUT2D eigenvalue weighted by Gasteiger charge is 2.23. The number of hydrogen-bond donors (Lipinski definition) is 0. The van der Waals surface area contributed by atoms with Crippen molar-refractivity contribution in [2.75, 3.05) is 14.2 Å². The number of halogens is 1. The zero-order valence-electron chi connectivity index (χ0n) is 15.7. The van der Waals surface area contributed by atoms with Crippen molar-refractivity contribution in [2.24, 2.45) is 0 Å². The molecule has 0 fully saturated rings. The Kier molecular flexibility index (Phi) is 5.46. The van der Waals surface area contributed by atoms with Crippen LogP contribution in [-0.4, -0.2) is 39.7 Å². The van der Waals surface area contributed by atoms with Gasteiger partial charge in [-0.25, -0.2) is 9.67 Å². The Bertz CT molecular complexity index is 936. The monoisotopic (exact) mass is 384 g/mol. The fourth-order valence-corrected chi connectivity index (χ4v) is 2.87. The number of benzene rings is 2. The van der Waals surface area contributed by atoms with E-state index >= 15 is 0 Å². The molecule has 3 aromatic rings. The lowest BCUT2D eigenvalue weighted by atomic mass is 10.1. The number of nitrogens with zero attached hydrogens (tertiary/aromatic N) is 4. The Balaban J connectivity index is 1.82. The molecule has 0 aliphatic heterocycles. The molecular formula is C20H21ClN4O2. The van der Waals surface area contributed by atoms with Gasteiger partial charge in [0, 0.05) is 12.1 Å². The topological polar surface area (TPSA) is 60.2 Å². The first-order valence-electron chi connectivity index (χ1n) is 8.51. The summed E-state index contributed by atoms with van der Waals surface area (Å²) in [5.74, 6) is 1.32. The SMILES string of the molecule is COc1ccc(C(C)N(C)C(=O)c2nc(C)n(-c3ccc(Cl)cc3)n2)cc1. The van der Waals surface area contributed by atoms with Crippen molar-refractivity contribution in [2.45, 2.75) is 19.9 Å². The molecule has 0 spiro atoms. The van der Waals surface area contributed by atoms with E-state index in [0.717, 1.165) is 17.0 Å². The molecule has 3 rings (SSSR count). The smallest absolute Gasteiger partial charge is 0.293 e. The lowest BCUT2D eigenvalue weighted by molar-refractivity contribution is 0.0730. The first-order chi connectivity index (χ1) is 12.9. The minimum Gasteiger partial charge on any atom is -0.497 e. The second kappa shape index (κ2) is 7.80. The van der Waals surface area contributed by atoms with E-state index in [1.165, 1.54) is 0 Å². The standard InChI is InChI=1S/C20H21ClN4O2/c1-13(15-5-11-18(27-4)12-6-15)24(3)20(26)19-22-14(2)25(23-19)17-9-7-16(21)8-10-17/h5-13H,1-4H3. The molecule has 1 amide bonds. The summed E-state index contributed by atoms with van der Waals surface area (Å²) in [7, 11) is 3.37. The Hall–Kier alpha value is -2.86. The minimum absolute atomic E-state index is 0.133. The lowest BCUT2D eigenvalue weighted by Crippen LogP contribution is -2.30. The van der Waals surface area contributed by atoms with E-state index in [-0.39, 0.29) is 17.8 Å². The summed E-state index contributed by atoms with van der Waals surface area (Å²) >= 11 is 5.93. The van der Waals surface area contributed by atoms with Gasteiger partial charge in [-0.05, 0) is 55.8 Å². The quantitative estimate of drug-likeness (QED) is 0.665. The molecule has 2 aromatic carbocycles. The predicted molar refractivity (Wildman–Crippen MR) is 105 cm³/mol. The Labute approximate surface area is 163 Å². The van der Waals surface area contributed by atoms with Crippen LogP contribution in [0.3, 0.4) is 0 Å². The van der Waals surface area contributed by atoms with Crippen LogP contribution in [0.1, 0.15) is 35.0 Å². The van der Waals surface area contributed by atoms with Gasteiger partial charge in [0.2, 0.25) is 5.82 Å². The predicted octanol–water partition coefficient (Wildman–Crippen LogP) is 4.07. The van der Waals surface area contributed by atoms with Gasteiger partial charge in [-0.1, -0.05) is 23.7 Å². The first-order valence-corrected chi connectivity index (χ1v) is 8.89. The van der Waals surface area contributed by atoms with E-state index in [0.29, 0.717) is 10.8 Å². The van der Waals surface area contributed by atoms with Gasteiger partial charge in [0.05, 0.1) is 18.8 Å². The van der Waals surface area contributed by atoms with Crippen LogP contribution in [0.15, 0.2) is 48.5 Å². The van der Waals surface area contributed by atoms with Gasteiger partial charge in [0.25, 0.3) is 5.91 Å².